The van der Waals surface area contributed by atoms with Gasteiger partial charge < -0.3 is 15.0 Å². The highest BCUT2D eigenvalue weighted by Gasteiger charge is 2.36. The molecular formula is C16H18F3N3O3. The Hall–Kier alpha value is -2.13. The number of amides is 2. The van der Waals surface area contributed by atoms with Crippen LogP contribution in [0.2, 0.25) is 0 Å². The van der Waals surface area contributed by atoms with Gasteiger partial charge in [-0.15, -0.1) is 0 Å². The Morgan fingerprint density at radius 2 is 1.96 bits per heavy atom. The third-order valence-corrected chi connectivity index (χ3v) is 4.30. The Balaban J connectivity index is 1.59. The van der Waals surface area contributed by atoms with Crippen molar-refractivity contribution in [3.63, 3.8) is 0 Å². The molecule has 2 saturated heterocycles. The summed E-state index contributed by atoms with van der Waals surface area (Å²) in [6, 6.07) is 4.28. The van der Waals surface area contributed by atoms with Crippen LogP contribution in [-0.2, 0) is 20.5 Å². The molecule has 1 aromatic carbocycles. The number of halogens is 3. The first-order valence-corrected chi connectivity index (χ1v) is 7.93. The molecule has 0 saturated carbocycles. The molecule has 0 aliphatic carbocycles. The monoisotopic (exact) mass is 357 g/mol. The highest BCUT2D eigenvalue weighted by molar-refractivity contribution is 5.92. The van der Waals surface area contributed by atoms with Crippen LogP contribution >= 0.6 is 0 Å². The first-order chi connectivity index (χ1) is 11.8. The highest BCUT2D eigenvalue weighted by Crippen LogP contribution is 2.29. The van der Waals surface area contributed by atoms with E-state index in [1.54, 1.807) is 4.90 Å². The van der Waals surface area contributed by atoms with Gasteiger partial charge in [-0.2, -0.15) is 13.2 Å². The molecule has 6 nitrogen and oxygen atoms in total. The zero-order valence-electron chi connectivity index (χ0n) is 13.4. The zero-order chi connectivity index (χ0) is 18.0. The number of carbonyl (C=O) groups is 2. The minimum atomic E-state index is -4.41. The molecule has 2 aliphatic rings. The summed E-state index contributed by atoms with van der Waals surface area (Å²) in [6.45, 7) is 1.82. The number of fused-ring (bicyclic) bond motifs is 1. The van der Waals surface area contributed by atoms with Crippen LogP contribution in [0, 0.1) is 0 Å². The Morgan fingerprint density at radius 1 is 1.24 bits per heavy atom. The van der Waals surface area contributed by atoms with Gasteiger partial charge in [-0.3, -0.25) is 14.5 Å². The van der Waals surface area contributed by atoms with E-state index in [1.807, 2.05) is 4.90 Å². The van der Waals surface area contributed by atoms with Crippen molar-refractivity contribution < 1.29 is 27.5 Å². The summed E-state index contributed by atoms with van der Waals surface area (Å²) in [4.78, 5) is 27.7. The quantitative estimate of drug-likeness (QED) is 0.891. The van der Waals surface area contributed by atoms with Crippen LogP contribution in [0.25, 0.3) is 0 Å². The minimum Gasteiger partial charge on any atom is -0.376 e. The van der Waals surface area contributed by atoms with E-state index < -0.39 is 11.7 Å². The van der Waals surface area contributed by atoms with Crippen LogP contribution in [0.3, 0.4) is 0 Å². The molecule has 0 bridgehead atoms. The summed E-state index contributed by atoms with van der Waals surface area (Å²) in [5.41, 5.74) is -0.474. The Morgan fingerprint density at radius 3 is 2.64 bits per heavy atom. The number of rotatable bonds is 3. The number of ether oxygens (including phenoxy) is 1. The van der Waals surface area contributed by atoms with E-state index >= 15 is 0 Å². The number of alkyl halides is 3. The first kappa shape index (κ1) is 17.7. The van der Waals surface area contributed by atoms with Crippen molar-refractivity contribution >= 4 is 17.5 Å². The fourth-order valence-corrected chi connectivity index (χ4v) is 3.03. The van der Waals surface area contributed by atoms with E-state index in [9.17, 15) is 22.8 Å². The topological polar surface area (TPSA) is 61.9 Å². The summed E-state index contributed by atoms with van der Waals surface area (Å²) in [7, 11) is 0. The zero-order valence-corrected chi connectivity index (χ0v) is 13.4. The minimum absolute atomic E-state index is 0.0405. The number of nitrogens with one attached hydrogen (secondary N) is 1. The summed E-state index contributed by atoms with van der Waals surface area (Å²) in [6.07, 6.45) is -4.34. The van der Waals surface area contributed by atoms with Crippen LogP contribution in [0.1, 0.15) is 12.0 Å². The standard InChI is InChI=1S/C16H18F3N3O3/c17-16(18,19)11-1-3-12(4-2-11)20-13(23)9-21-6-5-15(24)22-7-8-25-10-14(21)22/h1-4,14H,5-10H2,(H,20,23). The highest BCUT2D eigenvalue weighted by atomic mass is 19.4. The smallest absolute Gasteiger partial charge is 0.376 e. The molecule has 136 valence electrons. The molecule has 2 fully saturated rings. The molecule has 3 rings (SSSR count). The van der Waals surface area contributed by atoms with Gasteiger partial charge in [-0.05, 0) is 24.3 Å². The fourth-order valence-electron chi connectivity index (χ4n) is 3.03. The molecule has 0 spiro atoms. The maximum atomic E-state index is 12.5. The van der Waals surface area contributed by atoms with Gasteiger partial charge in [0, 0.05) is 25.2 Å². The molecule has 2 amide bonds. The normalized spacial score (nSPS) is 21.8. The van der Waals surface area contributed by atoms with Crippen LogP contribution in [0.4, 0.5) is 18.9 Å². The second-order valence-electron chi connectivity index (χ2n) is 5.99. The fraction of sp³-hybridized carbons (Fsp3) is 0.500. The lowest BCUT2D eigenvalue weighted by molar-refractivity contribution is -0.159. The number of morpholine rings is 1. The maximum Gasteiger partial charge on any atom is 0.416 e. The number of hydrogen-bond acceptors (Lipinski definition) is 4. The Labute approximate surface area is 142 Å². The Bertz CT molecular complexity index is 648. The SMILES string of the molecule is O=C(CN1CCC(=O)N2CCOCC12)Nc1ccc(C(F)(F)F)cc1. The summed E-state index contributed by atoms with van der Waals surface area (Å²) in [5.74, 6) is -0.299. The van der Waals surface area contributed by atoms with Gasteiger partial charge >= 0.3 is 6.18 Å². The third kappa shape index (κ3) is 4.10. The van der Waals surface area contributed by atoms with Crippen molar-refractivity contribution in [1.29, 1.82) is 0 Å². The summed E-state index contributed by atoms with van der Waals surface area (Å²) in [5, 5.41) is 2.58. The average molecular weight is 357 g/mol. The number of benzene rings is 1. The lowest BCUT2D eigenvalue weighted by Crippen LogP contribution is -2.62. The van der Waals surface area contributed by atoms with Gasteiger partial charge in [0.05, 0.1) is 25.3 Å². The molecule has 1 aromatic rings. The van der Waals surface area contributed by atoms with Crippen molar-refractivity contribution in [2.75, 3.05) is 38.2 Å². The number of hydrogen-bond donors (Lipinski definition) is 1. The molecule has 25 heavy (non-hydrogen) atoms. The van der Waals surface area contributed by atoms with Crippen LogP contribution in [0.15, 0.2) is 24.3 Å². The molecule has 0 aromatic heterocycles. The van der Waals surface area contributed by atoms with Gasteiger partial charge in [0.25, 0.3) is 0 Å². The molecule has 1 atom stereocenters. The molecule has 2 heterocycles. The van der Waals surface area contributed by atoms with Crippen molar-refractivity contribution in [3.8, 4) is 0 Å². The van der Waals surface area contributed by atoms with Gasteiger partial charge in [-0.25, -0.2) is 0 Å². The summed E-state index contributed by atoms with van der Waals surface area (Å²) < 4.78 is 43.0. The average Bonchev–Trinajstić information content (AvgIpc) is 2.57. The van der Waals surface area contributed by atoms with Crippen LogP contribution < -0.4 is 5.32 Å². The van der Waals surface area contributed by atoms with E-state index in [1.165, 1.54) is 12.1 Å². The molecular weight excluding hydrogens is 339 g/mol. The molecule has 2 aliphatic heterocycles. The molecule has 0 radical (unpaired) electrons. The predicted octanol–water partition coefficient (Wildman–Crippen LogP) is 1.53. The van der Waals surface area contributed by atoms with E-state index in [0.29, 0.717) is 38.4 Å². The van der Waals surface area contributed by atoms with Crippen molar-refractivity contribution in [2.45, 2.75) is 18.8 Å². The van der Waals surface area contributed by atoms with Crippen molar-refractivity contribution in [2.24, 2.45) is 0 Å². The third-order valence-electron chi connectivity index (χ3n) is 4.30. The lowest BCUT2D eigenvalue weighted by atomic mass is 10.1. The molecule has 9 heteroatoms. The van der Waals surface area contributed by atoms with Crippen LogP contribution in [-0.4, -0.2) is 60.6 Å². The number of carbonyl (C=O) groups excluding carboxylic acids is 2. The van der Waals surface area contributed by atoms with E-state index in [-0.39, 0.29) is 24.5 Å². The van der Waals surface area contributed by atoms with Gasteiger partial charge in [0.15, 0.2) is 0 Å². The predicted molar refractivity (Wildman–Crippen MR) is 82.6 cm³/mol. The van der Waals surface area contributed by atoms with E-state index in [0.717, 1.165) is 12.1 Å². The van der Waals surface area contributed by atoms with E-state index in [2.05, 4.69) is 5.32 Å². The van der Waals surface area contributed by atoms with Crippen molar-refractivity contribution in [1.82, 2.24) is 9.80 Å². The number of nitrogens with zero attached hydrogens (tertiary/aromatic N) is 2. The van der Waals surface area contributed by atoms with Gasteiger partial charge in [-0.1, -0.05) is 0 Å². The van der Waals surface area contributed by atoms with E-state index in [4.69, 9.17) is 4.74 Å². The second-order valence-corrected chi connectivity index (χ2v) is 5.99. The molecule has 1 N–H and O–H groups in total. The summed E-state index contributed by atoms with van der Waals surface area (Å²) >= 11 is 0. The second kappa shape index (κ2) is 7.01. The Kier molecular flexibility index (Phi) is 4.96. The van der Waals surface area contributed by atoms with Gasteiger partial charge in [0.1, 0.15) is 6.17 Å². The van der Waals surface area contributed by atoms with Crippen molar-refractivity contribution in [3.05, 3.63) is 29.8 Å². The first-order valence-electron chi connectivity index (χ1n) is 7.93. The van der Waals surface area contributed by atoms with Crippen LogP contribution in [0.5, 0.6) is 0 Å². The van der Waals surface area contributed by atoms with Gasteiger partial charge in [0.2, 0.25) is 11.8 Å². The maximum absolute atomic E-state index is 12.5. The lowest BCUT2D eigenvalue weighted by Gasteiger charge is -2.45. The largest absolute Gasteiger partial charge is 0.416 e. The number of anilines is 1. The molecule has 1 unspecified atom stereocenters.